The van der Waals surface area contributed by atoms with Gasteiger partial charge < -0.3 is 10.6 Å². The molecule has 2 aromatic carbocycles. The molecule has 0 bridgehead atoms. The van der Waals surface area contributed by atoms with E-state index in [1.807, 2.05) is 60.7 Å². The highest BCUT2D eigenvalue weighted by Crippen LogP contribution is 2.16. The molecule has 1 heterocycles. The highest BCUT2D eigenvalue weighted by molar-refractivity contribution is 5.90. The van der Waals surface area contributed by atoms with E-state index in [0.717, 1.165) is 17.5 Å². The van der Waals surface area contributed by atoms with E-state index in [1.54, 1.807) is 6.20 Å². The first kappa shape index (κ1) is 15.7. The SMILES string of the molecule is N=C(NCc1ccccc1)Nc1ncccc1Cc1ccccc1. The molecule has 120 valence electrons. The lowest BCUT2D eigenvalue weighted by atomic mass is 10.1. The van der Waals surface area contributed by atoms with E-state index in [2.05, 4.69) is 27.8 Å². The second-order valence-corrected chi connectivity index (χ2v) is 5.51. The van der Waals surface area contributed by atoms with Crippen molar-refractivity contribution in [1.29, 1.82) is 5.41 Å². The molecule has 0 saturated carbocycles. The van der Waals surface area contributed by atoms with Crippen LogP contribution in [0.1, 0.15) is 16.7 Å². The van der Waals surface area contributed by atoms with Gasteiger partial charge in [-0.2, -0.15) is 0 Å². The maximum absolute atomic E-state index is 8.09. The van der Waals surface area contributed by atoms with Crippen molar-refractivity contribution < 1.29 is 0 Å². The summed E-state index contributed by atoms with van der Waals surface area (Å²) in [4.78, 5) is 4.38. The number of hydrogen-bond acceptors (Lipinski definition) is 2. The molecule has 0 saturated heterocycles. The summed E-state index contributed by atoms with van der Waals surface area (Å²) < 4.78 is 0. The van der Waals surface area contributed by atoms with Crippen LogP contribution >= 0.6 is 0 Å². The zero-order valence-electron chi connectivity index (χ0n) is 13.4. The Morgan fingerprint density at radius 1 is 0.833 bits per heavy atom. The molecule has 1 aromatic heterocycles. The van der Waals surface area contributed by atoms with Crippen LogP contribution in [0.15, 0.2) is 79.0 Å². The molecule has 0 spiro atoms. The van der Waals surface area contributed by atoms with Gasteiger partial charge >= 0.3 is 0 Å². The maximum atomic E-state index is 8.09. The van der Waals surface area contributed by atoms with Crippen LogP contribution in [0.3, 0.4) is 0 Å². The third-order valence-corrected chi connectivity index (χ3v) is 3.68. The first-order valence-electron chi connectivity index (χ1n) is 7.92. The van der Waals surface area contributed by atoms with Crippen molar-refractivity contribution in [2.24, 2.45) is 0 Å². The number of rotatable bonds is 5. The number of anilines is 1. The van der Waals surface area contributed by atoms with E-state index >= 15 is 0 Å². The topological polar surface area (TPSA) is 60.8 Å². The fourth-order valence-electron chi connectivity index (χ4n) is 2.46. The van der Waals surface area contributed by atoms with Crippen LogP contribution in [0.2, 0.25) is 0 Å². The molecule has 3 N–H and O–H groups in total. The minimum atomic E-state index is 0.242. The standard InChI is InChI=1S/C20H20N4/c21-20(23-15-17-10-5-2-6-11-17)24-19-18(12-7-13-22-19)14-16-8-3-1-4-9-16/h1-13H,14-15H2,(H3,21,22,23,24). The maximum Gasteiger partial charge on any atom is 0.194 e. The Morgan fingerprint density at radius 2 is 1.50 bits per heavy atom. The molecule has 0 aliphatic heterocycles. The van der Waals surface area contributed by atoms with E-state index < -0.39 is 0 Å². The molecule has 0 aliphatic carbocycles. The summed E-state index contributed by atoms with van der Waals surface area (Å²) in [6.07, 6.45) is 2.52. The number of nitrogens with one attached hydrogen (secondary N) is 3. The predicted molar refractivity (Wildman–Crippen MR) is 98.1 cm³/mol. The fraction of sp³-hybridized carbons (Fsp3) is 0.100. The molecule has 3 aromatic rings. The number of nitrogens with zero attached hydrogens (tertiary/aromatic N) is 1. The van der Waals surface area contributed by atoms with E-state index in [9.17, 15) is 0 Å². The summed E-state index contributed by atoms with van der Waals surface area (Å²) in [7, 11) is 0. The Bertz CT molecular complexity index is 785. The van der Waals surface area contributed by atoms with Crippen LogP contribution in [-0.2, 0) is 13.0 Å². The van der Waals surface area contributed by atoms with Gasteiger partial charge in [-0.05, 0) is 22.8 Å². The first-order chi connectivity index (χ1) is 11.8. The van der Waals surface area contributed by atoms with E-state index in [0.29, 0.717) is 12.4 Å². The number of benzene rings is 2. The van der Waals surface area contributed by atoms with Crippen molar-refractivity contribution in [3.8, 4) is 0 Å². The second kappa shape index (κ2) is 7.92. The molecule has 0 unspecified atom stereocenters. The van der Waals surface area contributed by atoms with Crippen LogP contribution in [0.5, 0.6) is 0 Å². The molecular formula is C20H20N4. The van der Waals surface area contributed by atoms with Crippen molar-refractivity contribution in [3.05, 3.63) is 95.7 Å². The third kappa shape index (κ3) is 4.43. The van der Waals surface area contributed by atoms with Gasteiger partial charge in [0.2, 0.25) is 0 Å². The minimum absolute atomic E-state index is 0.242. The quantitative estimate of drug-likeness (QED) is 0.495. The van der Waals surface area contributed by atoms with Gasteiger partial charge in [-0.15, -0.1) is 0 Å². The summed E-state index contributed by atoms with van der Waals surface area (Å²) in [6.45, 7) is 0.605. The third-order valence-electron chi connectivity index (χ3n) is 3.68. The van der Waals surface area contributed by atoms with Crippen LogP contribution in [0, 0.1) is 5.41 Å². The van der Waals surface area contributed by atoms with Gasteiger partial charge in [0.1, 0.15) is 5.82 Å². The number of hydrogen-bond donors (Lipinski definition) is 3. The van der Waals surface area contributed by atoms with Crippen LogP contribution in [-0.4, -0.2) is 10.9 Å². The predicted octanol–water partition coefficient (Wildman–Crippen LogP) is 3.81. The smallest absolute Gasteiger partial charge is 0.194 e. The summed E-state index contributed by atoms with van der Waals surface area (Å²) in [5, 5.41) is 14.2. The largest absolute Gasteiger partial charge is 0.352 e. The molecule has 3 rings (SSSR count). The van der Waals surface area contributed by atoms with E-state index in [-0.39, 0.29) is 5.96 Å². The van der Waals surface area contributed by atoms with Gasteiger partial charge in [-0.25, -0.2) is 4.98 Å². The van der Waals surface area contributed by atoms with Gasteiger partial charge in [-0.3, -0.25) is 5.41 Å². The number of guanidine groups is 1. The molecule has 0 radical (unpaired) electrons. The highest BCUT2D eigenvalue weighted by Gasteiger charge is 2.06. The molecule has 4 heteroatoms. The van der Waals surface area contributed by atoms with Crippen LogP contribution < -0.4 is 10.6 Å². The molecule has 24 heavy (non-hydrogen) atoms. The lowest BCUT2D eigenvalue weighted by molar-refractivity contribution is 0.902. The average Bonchev–Trinajstić information content (AvgIpc) is 2.63. The minimum Gasteiger partial charge on any atom is -0.352 e. The van der Waals surface area contributed by atoms with E-state index in [4.69, 9.17) is 5.41 Å². The Balaban J connectivity index is 1.63. The zero-order chi connectivity index (χ0) is 16.6. The van der Waals surface area contributed by atoms with Gasteiger partial charge in [0.25, 0.3) is 0 Å². The Morgan fingerprint density at radius 3 is 2.21 bits per heavy atom. The van der Waals surface area contributed by atoms with Gasteiger partial charge in [0, 0.05) is 19.2 Å². The Labute approximate surface area is 142 Å². The first-order valence-corrected chi connectivity index (χ1v) is 7.92. The van der Waals surface area contributed by atoms with E-state index in [1.165, 1.54) is 5.56 Å². The van der Waals surface area contributed by atoms with Crippen molar-refractivity contribution in [3.63, 3.8) is 0 Å². The fourth-order valence-corrected chi connectivity index (χ4v) is 2.46. The lowest BCUT2D eigenvalue weighted by Gasteiger charge is -2.13. The summed E-state index contributed by atoms with van der Waals surface area (Å²) in [5.74, 6) is 0.957. The summed E-state index contributed by atoms with van der Waals surface area (Å²) in [5.41, 5.74) is 3.42. The second-order valence-electron chi connectivity index (χ2n) is 5.51. The van der Waals surface area contributed by atoms with Gasteiger partial charge in [0.05, 0.1) is 0 Å². The molecule has 0 fully saturated rings. The number of pyridine rings is 1. The normalized spacial score (nSPS) is 10.2. The van der Waals surface area contributed by atoms with Crippen LogP contribution in [0.4, 0.5) is 5.82 Å². The number of aromatic nitrogens is 1. The molecule has 0 amide bonds. The van der Waals surface area contributed by atoms with Crippen LogP contribution in [0.25, 0.3) is 0 Å². The molecule has 4 nitrogen and oxygen atoms in total. The molecular weight excluding hydrogens is 296 g/mol. The Kier molecular flexibility index (Phi) is 5.20. The summed E-state index contributed by atoms with van der Waals surface area (Å²) >= 11 is 0. The van der Waals surface area contributed by atoms with Crippen molar-refractivity contribution >= 4 is 11.8 Å². The molecule has 0 atom stereocenters. The van der Waals surface area contributed by atoms with Gasteiger partial charge in [-0.1, -0.05) is 66.7 Å². The zero-order valence-corrected chi connectivity index (χ0v) is 13.4. The Hall–Kier alpha value is -3.14. The summed E-state index contributed by atoms with van der Waals surface area (Å²) in [6, 6.07) is 24.2. The van der Waals surface area contributed by atoms with Crippen molar-refractivity contribution in [2.45, 2.75) is 13.0 Å². The van der Waals surface area contributed by atoms with Gasteiger partial charge in [0.15, 0.2) is 5.96 Å². The molecule has 0 aliphatic rings. The van der Waals surface area contributed by atoms with Crippen molar-refractivity contribution in [2.75, 3.05) is 5.32 Å². The monoisotopic (exact) mass is 316 g/mol. The van der Waals surface area contributed by atoms with Crippen molar-refractivity contribution in [1.82, 2.24) is 10.3 Å². The highest BCUT2D eigenvalue weighted by atomic mass is 15.2. The average molecular weight is 316 g/mol. The lowest BCUT2D eigenvalue weighted by Crippen LogP contribution is -2.29.